The van der Waals surface area contributed by atoms with Gasteiger partial charge >= 0.3 is 5.97 Å². The predicted molar refractivity (Wildman–Crippen MR) is 217 cm³/mol. The number of rotatable bonds is 26. The molecule has 0 spiro atoms. The van der Waals surface area contributed by atoms with Gasteiger partial charge in [-0.1, -0.05) is 145 Å². The molecule has 296 valence electrons. The average molecular weight is 743 g/mol. The third kappa shape index (κ3) is 15.7. The third-order valence-corrected chi connectivity index (χ3v) is 10.5. The zero-order chi connectivity index (χ0) is 38.4. The van der Waals surface area contributed by atoms with Crippen LogP contribution in [0.5, 0.6) is 0 Å². The van der Waals surface area contributed by atoms with Gasteiger partial charge in [0.1, 0.15) is 0 Å². The monoisotopic (exact) mass is 742 g/mol. The number of carbonyl (C=O) groups excluding carboxylic acids is 1. The number of carboxylic acids is 1. The molecule has 8 heteroatoms. The van der Waals surface area contributed by atoms with Crippen LogP contribution in [-0.2, 0) is 32.2 Å². The first-order valence-electron chi connectivity index (χ1n) is 20.8. The summed E-state index contributed by atoms with van der Waals surface area (Å²) in [6.07, 6.45) is 16.2. The van der Waals surface area contributed by atoms with Crippen molar-refractivity contribution < 1.29 is 29.3 Å². The van der Waals surface area contributed by atoms with Gasteiger partial charge in [-0.05, 0) is 66.2 Å². The SMILES string of the molecule is CCCCCCCCN(CCCCCCCC)C[C@H]1C[C@@H](c2ccc(CO)cc2)O[C@@H](c2ccc(-c3cccc(CNC(=O)CCCC(=O)O)c3)cc2)O1. The molecule has 1 fully saturated rings. The second kappa shape index (κ2) is 24.8. The van der Waals surface area contributed by atoms with Crippen molar-refractivity contribution in [1.29, 1.82) is 0 Å². The molecular formula is C46H66N2O6. The number of nitrogens with zero attached hydrogens (tertiary/aromatic N) is 1. The zero-order valence-corrected chi connectivity index (χ0v) is 33.0. The van der Waals surface area contributed by atoms with Gasteiger partial charge in [0.2, 0.25) is 5.91 Å². The minimum absolute atomic E-state index is 0.00811. The van der Waals surface area contributed by atoms with Gasteiger partial charge in [-0.25, -0.2) is 0 Å². The van der Waals surface area contributed by atoms with E-state index in [9.17, 15) is 14.7 Å². The Morgan fingerprint density at radius 1 is 0.704 bits per heavy atom. The highest BCUT2D eigenvalue weighted by Crippen LogP contribution is 2.39. The molecule has 0 radical (unpaired) electrons. The molecule has 1 aliphatic rings. The van der Waals surface area contributed by atoms with Crippen LogP contribution < -0.4 is 5.32 Å². The summed E-state index contributed by atoms with van der Waals surface area (Å²) in [6, 6.07) is 24.6. The average Bonchev–Trinajstić information content (AvgIpc) is 3.19. The lowest BCUT2D eigenvalue weighted by atomic mass is 9.98. The Morgan fingerprint density at radius 3 is 1.96 bits per heavy atom. The minimum Gasteiger partial charge on any atom is -0.481 e. The number of benzene rings is 3. The molecule has 1 aliphatic heterocycles. The van der Waals surface area contributed by atoms with Gasteiger partial charge in [-0.2, -0.15) is 0 Å². The standard InChI is InChI=1S/C46H66N2O6/c1-3-5-7-9-11-13-29-48(30-14-12-10-8-6-4-2)34-42-32-43(39-23-21-36(35-49)22-24-39)54-46(53-42)40-27-25-38(26-28-40)41-18-15-17-37(31-41)33-47-44(50)19-16-20-45(51)52/h15,17-18,21-28,31,42-43,46,49H,3-14,16,19-20,29-30,32-35H2,1-2H3,(H,47,50)(H,51,52)/t42-,43+,46+/m1/s1. The number of unbranched alkanes of at least 4 members (excludes halogenated alkanes) is 10. The van der Waals surface area contributed by atoms with Crippen LogP contribution in [0.25, 0.3) is 11.1 Å². The van der Waals surface area contributed by atoms with E-state index in [-0.39, 0.29) is 37.6 Å². The topological polar surface area (TPSA) is 108 Å². The predicted octanol–water partition coefficient (Wildman–Crippen LogP) is 10.3. The molecule has 1 saturated heterocycles. The zero-order valence-electron chi connectivity index (χ0n) is 33.0. The highest BCUT2D eigenvalue weighted by Gasteiger charge is 2.33. The summed E-state index contributed by atoms with van der Waals surface area (Å²) in [4.78, 5) is 25.6. The van der Waals surface area contributed by atoms with Crippen LogP contribution in [0, 0.1) is 0 Å². The molecule has 0 bridgehead atoms. The van der Waals surface area contributed by atoms with Crippen LogP contribution in [-0.4, -0.2) is 52.7 Å². The van der Waals surface area contributed by atoms with Crippen LogP contribution in [0.4, 0.5) is 0 Å². The summed E-state index contributed by atoms with van der Waals surface area (Å²) in [6.45, 7) is 8.04. The summed E-state index contributed by atoms with van der Waals surface area (Å²) in [5.74, 6) is -1.03. The molecule has 8 nitrogen and oxygen atoms in total. The molecule has 3 aromatic carbocycles. The van der Waals surface area contributed by atoms with Crippen LogP contribution in [0.3, 0.4) is 0 Å². The highest BCUT2D eigenvalue weighted by molar-refractivity contribution is 5.76. The van der Waals surface area contributed by atoms with Gasteiger partial charge in [0.15, 0.2) is 6.29 Å². The Labute approximate surface area is 324 Å². The van der Waals surface area contributed by atoms with Gasteiger partial charge in [-0.15, -0.1) is 0 Å². The maximum Gasteiger partial charge on any atom is 0.303 e. The van der Waals surface area contributed by atoms with Crippen LogP contribution in [0.15, 0.2) is 72.8 Å². The molecule has 54 heavy (non-hydrogen) atoms. The van der Waals surface area contributed by atoms with E-state index in [1.54, 1.807) is 0 Å². The van der Waals surface area contributed by atoms with Crippen LogP contribution in [0.2, 0.25) is 0 Å². The number of aliphatic carboxylic acids is 1. The number of hydrogen-bond donors (Lipinski definition) is 3. The number of carbonyl (C=O) groups is 2. The lowest BCUT2D eigenvalue weighted by Gasteiger charge is -2.38. The van der Waals surface area contributed by atoms with Gasteiger partial charge < -0.3 is 29.9 Å². The van der Waals surface area contributed by atoms with Crippen molar-refractivity contribution in [1.82, 2.24) is 10.2 Å². The Kier molecular flexibility index (Phi) is 19.8. The molecule has 1 heterocycles. The first-order chi connectivity index (χ1) is 26.4. The summed E-state index contributed by atoms with van der Waals surface area (Å²) in [5, 5.41) is 21.4. The number of nitrogens with one attached hydrogen (secondary N) is 1. The first kappa shape index (κ1) is 43.2. The Morgan fingerprint density at radius 2 is 1.33 bits per heavy atom. The van der Waals surface area contributed by atoms with E-state index in [2.05, 4.69) is 72.6 Å². The van der Waals surface area contributed by atoms with Crippen molar-refractivity contribution in [2.45, 2.75) is 148 Å². The summed E-state index contributed by atoms with van der Waals surface area (Å²) >= 11 is 0. The summed E-state index contributed by atoms with van der Waals surface area (Å²) < 4.78 is 13.5. The van der Waals surface area contributed by atoms with Crippen molar-refractivity contribution in [2.24, 2.45) is 0 Å². The number of ether oxygens (including phenoxy) is 2. The van der Waals surface area contributed by atoms with Crippen molar-refractivity contribution in [2.75, 3.05) is 19.6 Å². The maximum absolute atomic E-state index is 12.2. The van der Waals surface area contributed by atoms with E-state index in [1.165, 1.54) is 77.0 Å². The molecule has 0 aromatic heterocycles. The van der Waals surface area contributed by atoms with E-state index >= 15 is 0 Å². The molecule has 0 unspecified atom stereocenters. The molecule has 3 N–H and O–H groups in total. The number of aliphatic hydroxyl groups is 1. The second-order valence-corrected chi connectivity index (χ2v) is 15.0. The van der Waals surface area contributed by atoms with Crippen molar-refractivity contribution in [3.63, 3.8) is 0 Å². The molecular weight excluding hydrogens is 677 g/mol. The van der Waals surface area contributed by atoms with Gasteiger partial charge in [0, 0.05) is 37.9 Å². The van der Waals surface area contributed by atoms with Crippen molar-refractivity contribution in [3.05, 3.63) is 95.1 Å². The van der Waals surface area contributed by atoms with Crippen LogP contribution in [0.1, 0.15) is 151 Å². The smallest absolute Gasteiger partial charge is 0.303 e. The van der Waals surface area contributed by atoms with E-state index in [4.69, 9.17) is 14.6 Å². The molecule has 0 saturated carbocycles. The number of carboxylic acid groups (broad SMARTS) is 1. The first-order valence-corrected chi connectivity index (χ1v) is 20.8. The lowest BCUT2D eigenvalue weighted by molar-refractivity contribution is -0.253. The Bertz CT molecular complexity index is 1480. The second-order valence-electron chi connectivity index (χ2n) is 15.0. The van der Waals surface area contributed by atoms with Gasteiger partial charge in [0.25, 0.3) is 0 Å². The molecule has 0 aliphatic carbocycles. The Hall–Kier alpha value is -3.56. The van der Waals surface area contributed by atoms with Crippen LogP contribution >= 0.6 is 0 Å². The lowest BCUT2D eigenvalue weighted by Crippen LogP contribution is -2.40. The molecule has 4 rings (SSSR count). The minimum atomic E-state index is -0.888. The quantitative estimate of drug-likeness (QED) is 0.0703. The molecule has 1 amide bonds. The maximum atomic E-state index is 12.2. The molecule has 3 aromatic rings. The number of amides is 1. The number of aliphatic hydroxyl groups excluding tert-OH is 1. The normalized spacial score (nSPS) is 17.1. The summed E-state index contributed by atoms with van der Waals surface area (Å²) in [5.41, 5.74) is 6.05. The largest absolute Gasteiger partial charge is 0.481 e. The third-order valence-electron chi connectivity index (χ3n) is 10.5. The fourth-order valence-electron chi connectivity index (χ4n) is 7.23. The van der Waals surface area contributed by atoms with Crippen molar-refractivity contribution >= 4 is 11.9 Å². The fraction of sp³-hybridized carbons (Fsp3) is 0.565. The van der Waals surface area contributed by atoms with E-state index in [1.807, 2.05) is 24.3 Å². The van der Waals surface area contributed by atoms with E-state index in [0.717, 1.165) is 59.4 Å². The van der Waals surface area contributed by atoms with E-state index < -0.39 is 12.3 Å². The summed E-state index contributed by atoms with van der Waals surface area (Å²) in [7, 11) is 0. The highest BCUT2D eigenvalue weighted by atomic mass is 16.7. The fourth-order valence-corrected chi connectivity index (χ4v) is 7.23. The van der Waals surface area contributed by atoms with Gasteiger partial charge in [0.05, 0.1) is 18.8 Å². The van der Waals surface area contributed by atoms with Gasteiger partial charge in [-0.3, -0.25) is 9.59 Å². The Balaban J connectivity index is 1.44. The molecule has 3 atom stereocenters. The number of hydrogen-bond acceptors (Lipinski definition) is 6. The van der Waals surface area contributed by atoms with Crippen molar-refractivity contribution in [3.8, 4) is 11.1 Å². The van der Waals surface area contributed by atoms with E-state index in [0.29, 0.717) is 13.0 Å².